The maximum atomic E-state index is 4.10. The number of hydrogen-bond donors (Lipinski definition) is 1. The van der Waals surface area contributed by atoms with Gasteiger partial charge in [-0.15, -0.1) is 10.2 Å². The molecular formula is C11H13BrN4. The van der Waals surface area contributed by atoms with Crippen molar-refractivity contribution < 1.29 is 0 Å². The second-order valence-corrected chi connectivity index (χ2v) is 4.41. The van der Waals surface area contributed by atoms with Gasteiger partial charge in [0.2, 0.25) is 0 Å². The van der Waals surface area contributed by atoms with Crippen LogP contribution in [0.25, 0.3) is 0 Å². The van der Waals surface area contributed by atoms with E-state index in [4.69, 9.17) is 0 Å². The van der Waals surface area contributed by atoms with E-state index < -0.39 is 0 Å². The highest BCUT2D eigenvalue weighted by molar-refractivity contribution is 9.10. The summed E-state index contributed by atoms with van der Waals surface area (Å²) >= 11 is 3.49. The van der Waals surface area contributed by atoms with Crippen molar-refractivity contribution in [2.75, 3.05) is 5.32 Å². The minimum atomic E-state index is 0.667. The van der Waals surface area contributed by atoms with Crippen LogP contribution in [0.1, 0.15) is 11.6 Å². The van der Waals surface area contributed by atoms with Crippen LogP contribution in [0.5, 0.6) is 0 Å². The Bertz CT molecular complexity index is 492. The molecule has 0 spiro atoms. The highest BCUT2D eigenvalue weighted by Crippen LogP contribution is 2.21. The Labute approximate surface area is 103 Å². The summed E-state index contributed by atoms with van der Waals surface area (Å²) in [6, 6.07) is 8.01. The van der Waals surface area contributed by atoms with Gasteiger partial charge in [0.05, 0.1) is 6.54 Å². The topological polar surface area (TPSA) is 42.7 Å². The molecule has 0 radical (unpaired) electrons. The Balaban J connectivity index is 2.08. The Morgan fingerprint density at radius 2 is 2.06 bits per heavy atom. The van der Waals surface area contributed by atoms with Gasteiger partial charge in [0, 0.05) is 17.2 Å². The van der Waals surface area contributed by atoms with Crippen LogP contribution in [0.15, 0.2) is 28.7 Å². The van der Waals surface area contributed by atoms with Crippen LogP contribution >= 0.6 is 15.9 Å². The first-order chi connectivity index (χ1) is 7.68. The molecule has 84 valence electrons. The van der Waals surface area contributed by atoms with E-state index in [0.29, 0.717) is 6.54 Å². The SMILES string of the molecule is Cc1nnc(CNc2ccccc2Br)n1C. The van der Waals surface area contributed by atoms with Gasteiger partial charge in [0.15, 0.2) is 5.82 Å². The average molecular weight is 281 g/mol. The average Bonchev–Trinajstić information content (AvgIpc) is 2.59. The molecule has 1 aromatic heterocycles. The summed E-state index contributed by atoms with van der Waals surface area (Å²) in [4.78, 5) is 0. The molecule has 5 heteroatoms. The van der Waals surface area contributed by atoms with E-state index in [1.807, 2.05) is 42.8 Å². The molecule has 2 aromatic rings. The Morgan fingerprint density at radius 3 is 2.69 bits per heavy atom. The number of aryl methyl sites for hydroxylation is 1. The fourth-order valence-electron chi connectivity index (χ4n) is 1.38. The molecule has 0 aliphatic carbocycles. The third-order valence-corrected chi connectivity index (χ3v) is 3.19. The first kappa shape index (κ1) is 11.1. The summed E-state index contributed by atoms with van der Waals surface area (Å²) in [7, 11) is 1.96. The molecule has 0 unspecified atom stereocenters. The summed E-state index contributed by atoms with van der Waals surface area (Å²) < 4.78 is 3.03. The predicted molar refractivity (Wildman–Crippen MR) is 67.2 cm³/mol. The number of halogens is 1. The van der Waals surface area contributed by atoms with Crippen molar-refractivity contribution in [3.8, 4) is 0 Å². The molecule has 1 N–H and O–H groups in total. The third-order valence-electron chi connectivity index (χ3n) is 2.49. The van der Waals surface area contributed by atoms with E-state index >= 15 is 0 Å². The smallest absolute Gasteiger partial charge is 0.152 e. The quantitative estimate of drug-likeness (QED) is 0.940. The van der Waals surface area contributed by atoms with E-state index in [1.165, 1.54) is 0 Å². The fraction of sp³-hybridized carbons (Fsp3) is 0.273. The predicted octanol–water partition coefficient (Wildman–Crippen LogP) is 2.50. The van der Waals surface area contributed by atoms with Gasteiger partial charge < -0.3 is 9.88 Å². The van der Waals surface area contributed by atoms with Crippen molar-refractivity contribution in [1.82, 2.24) is 14.8 Å². The molecule has 1 heterocycles. The van der Waals surface area contributed by atoms with Gasteiger partial charge in [-0.1, -0.05) is 12.1 Å². The molecule has 0 amide bonds. The van der Waals surface area contributed by atoms with Crippen molar-refractivity contribution in [3.05, 3.63) is 40.4 Å². The van der Waals surface area contributed by atoms with Crippen molar-refractivity contribution in [2.24, 2.45) is 7.05 Å². The summed E-state index contributed by atoms with van der Waals surface area (Å²) in [5, 5.41) is 11.4. The lowest BCUT2D eigenvalue weighted by molar-refractivity contribution is 0.789. The molecule has 0 atom stereocenters. The monoisotopic (exact) mass is 280 g/mol. The number of nitrogens with zero attached hydrogens (tertiary/aromatic N) is 3. The molecule has 4 nitrogen and oxygen atoms in total. The molecule has 0 aliphatic heterocycles. The zero-order chi connectivity index (χ0) is 11.5. The van der Waals surface area contributed by atoms with Crippen LogP contribution < -0.4 is 5.32 Å². The lowest BCUT2D eigenvalue weighted by Gasteiger charge is -2.07. The summed E-state index contributed by atoms with van der Waals surface area (Å²) in [5.74, 6) is 1.84. The number of para-hydroxylation sites is 1. The van der Waals surface area contributed by atoms with Crippen LogP contribution in [-0.2, 0) is 13.6 Å². The number of hydrogen-bond acceptors (Lipinski definition) is 3. The molecule has 16 heavy (non-hydrogen) atoms. The van der Waals surface area contributed by atoms with Gasteiger partial charge >= 0.3 is 0 Å². The fourth-order valence-corrected chi connectivity index (χ4v) is 1.81. The van der Waals surface area contributed by atoms with Gasteiger partial charge in [0.1, 0.15) is 5.82 Å². The van der Waals surface area contributed by atoms with E-state index in [1.54, 1.807) is 0 Å². The lowest BCUT2D eigenvalue weighted by atomic mass is 10.3. The summed E-state index contributed by atoms with van der Waals surface area (Å²) in [5.41, 5.74) is 1.06. The molecule has 1 aromatic carbocycles. The first-order valence-electron chi connectivity index (χ1n) is 5.02. The Kier molecular flexibility index (Phi) is 3.24. The summed E-state index contributed by atoms with van der Waals surface area (Å²) in [6.07, 6.45) is 0. The van der Waals surface area contributed by atoms with Gasteiger partial charge in [0.25, 0.3) is 0 Å². The molecule has 0 fully saturated rings. The molecule has 0 saturated heterocycles. The molecule has 0 saturated carbocycles. The van der Waals surface area contributed by atoms with Crippen molar-refractivity contribution in [2.45, 2.75) is 13.5 Å². The zero-order valence-corrected chi connectivity index (χ0v) is 10.8. The van der Waals surface area contributed by atoms with Gasteiger partial charge in [-0.2, -0.15) is 0 Å². The highest BCUT2D eigenvalue weighted by atomic mass is 79.9. The van der Waals surface area contributed by atoms with Crippen LogP contribution in [0.2, 0.25) is 0 Å². The van der Waals surface area contributed by atoms with Gasteiger partial charge in [-0.05, 0) is 35.0 Å². The summed E-state index contributed by atoms with van der Waals surface area (Å²) in [6.45, 7) is 2.61. The van der Waals surface area contributed by atoms with Crippen molar-refractivity contribution in [1.29, 1.82) is 0 Å². The highest BCUT2D eigenvalue weighted by Gasteiger charge is 2.05. The number of rotatable bonds is 3. The van der Waals surface area contributed by atoms with Crippen LogP contribution in [0.4, 0.5) is 5.69 Å². The Hall–Kier alpha value is -1.36. The third kappa shape index (κ3) is 2.24. The molecule has 0 aliphatic rings. The second kappa shape index (κ2) is 4.65. The minimum Gasteiger partial charge on any atom is -0.377 e. The minimum absolute atomic E-state index is 0.667. The molecular weight excluding hydrogens is 268 g/mol. The molecule has 0 bridgehead atoms. The van der Waals surface area contributed by atoms with E-state index in [2.05, 4.69) is 31.4 Å². The van der Waals surface area contributed by atoms with E-state index in [0.717, 1.165) is 21.8 Å². The van der Waals surface area contributed by atoms with E-state index in [-0.39, 0.29) is 0 Å². The normalized spacial score (nSPS) is 10.4. The molecule has 2 rings (SSSR count). The Morgan fingerprint density at radius 1 is 1.31 bits per heavy atom. The van der Waals surface area contributed by atoms with Gasteiger partial charge in [-0.25, -0.2) is 0 Å². The standard InChI is InChI=1S/C11H13BrN4/c1-8-14-15-11(16(8)2)7-13-10-6-4-3-5-9(10)12/h3-6,13H,7H2,1-2H3. The number of benzene rings is 1. The first-order valence-corrected chi connectivity index (χ1v) is 5.81. The number of aromatic nitrogens is 3. The maximum absolute atomic E-state index is 4.10. The largest absolute Gasteiger partial charge is 0.377 e. The van der Waals surface area contributed by atoms with Crippen molar-refractivity contribution >= 4 is 21.6 Å². The van der Waals surface area contributed by atoms with Crippen LogP contribution in [0, 0.1) is 6.92 Å². The van der Waals surface area contributed by atoms with E-state index in [9.17, 15) is 0 Å². The maximum Gasteiger partial charge on any atom is 0.152 e. The van der Waals surface area contributed by atoms with Crippen LogP contribution in [0.3, 0.4) is 0 Å². The second-order valence-electron chi connectivity index (χ2n) is 3.56. The lowest BCUT2D eigenvalue weighted by Crippen LogP contribution is -2.06. The number of anilines is 1. The number of nitrogens with one attached hydrogen (secondary N) is 1. The zero-order valence-electron chi connectivity index (χ0n) is 9.24. The van der Waals surface area contributed by atoms with Crippen molar-refractivity contribution in [3.63, 3.8) is 0 Å². The van der Waals surface area contributed by atoms with Crippen LogP contribution in [-0.4, -0.2) is 14.8 Å². The van der Waals surface area contributed by atoms with Gasteiger partial charge in [-0.3, -0.25) is 0 Å².